The molecule has 2 heterocycles. The monoisotopic (exact) mass is 232 g/mol. The SMILES string of the molecule is [CH2-][NH+]1CCC(F)(F)C1.[CH2-][NH+]1CCC2(CC2)C1. The maximum Gasteiger partial charge on any atom is 0.298 e. The molecule has 3 fully saturated rings. The smallest absolute Gasteiger partial charge is 0.298 e. The molecule has 2 N–H and O–H groups in total. The number of hydrogen-bond donors (Lipinski definition) is 2. The van der Waals surface area contributed by atoms with E-state index in [-0.39, 0.29) is 13.0 Å². The summed E-state index contributed by atoms with van der Waals surface area (Å²) in [5.41, 5.74) is 0.817. The molecule has 2 saturated heterocycles. The van der Waals surface area contributed by atoms with Crippen molar-refractivity contribution >= 4 is 0 Å². The number of quaternary nitrogens is 2. The van der Waals surface area contributed by atoms with Crippen molar-refractivity contribution in [2.45, 2.75) is 31.6 Å². The Balaban J connectivity index is 0.000000120. The molecule has 1 spiro atoms. The van der Waals surface area contributed by atoms with Crippen LogP contribution in [0.2, 0.25) is 0 Å². The second kappa shape index (κ2) is 4.22. The van der Waals surface area contributed by atoms with Crippen molar-refractivity contribution in [1.29, 1.82) is 0 Å². The molecule has 0 bridgehead atoms. The molecule has 2 nitrogen and oxygen atoms in total. The van der Waals surface area contributed by atoms with Gasteiger partial charge in [0, 0.05) is 11.8 Å². The Hall–Kier alpha value is -0.220. The Bertz CT molecular complexity index is 237. The Morgan fingerprint density at radius 1 is 0.812 bits per heavy atom. The average Bonchev–Trinajstić information content (AvgIpc) is 2.71. The fourth-order valence-electron chi connectivity index (χ4n) is 2.65. The maximum atomic E-state index is 12.1. The Kier molecular flexibility index (Phi) is 3.23. The molecule has 0 aromatic heterocycles. The molecule has 4 heteroatoms. The van der Waals surface area contributed by atoms with Gasteiger partial charge in [0.05, 0.1) is 26.1 Å². The van der Waals surface area contributed by atoms with E-state index in [2.05, 4.69) is 14.1 Å². The Morgan fingerprint density at radius 3 is 1.56 bits per heavy atom. The van der Waals surface area contributed by atoms with Crippen LogP contribution < -0.4 is 9.80 Å². The van der Waals surface area contributed by atoms with Gasteiger partial charge in [-0.15, -0.1) is 0 Å². The molecular weight excluding hydrogens is 210 g/mol. The van der Waals surface area contributed by atoms with Gasteiger partial charge in [0.25, 0.3) is 5.92 Å². The highest BCUT2D eigenvalue weighted by Gasteiger charge is 2.48. The number of alkyl halides is 2. The van der Waals surface area contributed by atoms with Crippen LogP contribution >= 0.6 is 0 Å². The second-order valence-corrected chi connectivity index (χ2v) is 5.71. The van der Waals surface area contributed by atoms with Gasteiger partial charge in [-0.1, -0.05) is 0 Å². The zero-order valence-corrected chi connectivity index (χ0v) is 9.83. The predicted octanol–water partition coefficient (Wildman–Crippen LogP) is -0.451. The molecule has 0 aromatic carbocycles. The number of nitrogens with one attached hydrogen (secondary N) is 2. The van der Waals surface area contributed by atoms with Gasteiger partial charge in [0.15, 0.2) is 0 Å². The van der Waals surface area contributed by atoms with Gasteiger partial charge in [0.1, 0.15) is 6.54 Å². The third-order valence-electron chi connectivity index (χ3n) is 3.94. The second-order valence-electron chi connectivity index (χ2n) is 5.71. The summed E-state index contributed by atoms with van der Waals surface area (Å²) in [6, 6.07) is 0. The normalized spacial score (nSPS) is 38.2. The van der Waals surface area contributed by atoms with Crippen molar-refractivity contribution in [1.82, 2.24) is 0 Å². The molecule has 1 aliphatic carbocycles. The summed E-state index contributed by atoms with van der Waals surface area (Å²) in [4.78, 5) is 2.19. The van der Waals surface area contributed by atoms with E-state index in [0.717, 1.165) is 5.41 Å². The molecule has 94 valence electrons. The molecule has 2 unspecified atom stereocenters. The van der Waals surface area contributed by atoms with E-state index >= 15 is 0 Å². The van der Waals surface area contributed by atoms with Crippen LogP contribution in [0.5, 0.6) is 0 Å². The van der Waals surface area contributed by atoms with Gasteiger partial charge in [-0.05, 0) is 12.8 Å². The van der Waals surface area contributed by atoms with Crippen LogP contribution in [0, 0.1) is 19.5 Å². The summed E-state index contributed by atoms with van der Waals surface area (Å²) >= 11 is 0. The zero-order chi connectivity index (χ0) is 11.8. The minimum Gasteiger partial charge on any atom is -0.467 e. The van der Waals surface area contributed by atoms with Crippen molar-refractivity contribution in [2.24, 2.45) is 5.41 Å². The van der Waals surface area contributed by atoms with E-state index in [1.807, 2.05) is 0 Å². The van der Waals surface area contributed by atoms with Crippen LogP contribution in [-0.2, 0) is 0 Å². The van der Waals surface area contributed by atoms with Crippen LogP contribution in [0.1, 0.15) is 25.7 Å². The van der Waals surface area contributed by atoms with Crippen molar-refractivity contribution in [3.63, 3.8) is 0 Å². The molecule has 3 aliphatic rings. The van der Waals surface area contributed by atoms with Crippen LogP contribution in [0.15, 0.2) is 0 Å². The minimum absolute atomic E-state index is 0.00579. The van der Waals surface area contributed by atoms with Crippen LogP contribution in [0.4, 0.5) is 8.78 Å². The van der Waals surface area contributed by atoms with Gasteiger partial charge in [-0.2, -0.15) is 14.1 Å². The number of likely N-dealkylation sites (tertiary alicyclic amines) is 2. The van der Waals surface area contributed by atoms with Gasteiger partial charge in [-0.3, -0.25) is 0 Å². The minimum atomic E-state index is -2.43. The lowest BCUT2D eigenvalue weighted by molar-refractivity contribution is -0.843. The van der Waals surface area contributed by atoms with Crippen LogP contribution in [0.3, 0.4) is 0 Å². The van der Waals surface area contributed by atoms with Gasteiger partial charge >= 0.3 is 0 Å². The molecule has 0 aromatic rings. The molecule has 1 saturated carbocycles. The van der Waals surface area contributed by atoms with Crippen molar-refractivity contribution in [3.8, 4) is 0 Å². The first-order chi connectivity index (χ1) is 7.41. The van der Waals surface area contributed by atoms with E-state index in [9.17, 15) is 8.78 Å². The molecule has 0 radical (unpaired) electrons. The average molecular weight is 232 g/mol. The van der Waals surface area contributed by atoms with Gasteiger partial charge in [-0.25, -0.2) is 8.78 Å². The first kappa shape index (κ1) is 12.2. The topological polar surface area (TPSA) is 8.88 Å². The predicted molar refractivity (Wildman–Crippen MR) is 58.0 cm³/mol. The summed E-state index contributed by atoms with van der Waals surface area (Å²) in [5, 5.41) is 0. The first-order valence-electron chi connectivity index (χ1n) is 6.12. The number of rotatable bonds is 0. The van der Waals surface area contributed by atoms with Crippen LogP contribution in [0.25, 0.3) is 0 Å². The van der Waals surface area contributed by atoms with E-state index in [1.54, 1.807) is 0 Å². The van der Waals surface area contributed by atoms with Crippen LogP contribution in [-0.4, -0.2) is 32.1 Å². The first-order valence-corrected chi connectivity index (χ1v) is 6.12. The van der Waals surface area contributed by atoms with E-state index in [4.69, 9.17) is 0 Å². The fraction of sp³-hybridized carbons (Fsp3) is 0.833. The molecule has 0 amide bonds. The summed E-state index contributed by atoms with van der Waals surface area (Å²) in [6.07, 6.45) is 4.44. The summed E-state index contributed by atoms with van der Waals surface area (Å²) in [6.45, 7) is 3.09. The number of halogens is 2. The highest BCUT2D eigenvalue weighted by Crippen LogP contribution is 2.48. The standard InChI is InChI=1S/C7H13N.C5H9F2N/c1-8-5-4-7(6-8)2-3-7;1-8-3-2-5(6,7)4-8/h8H,1-6H2;8H,1-4H2. The molecule has 16 heavy (non-hydrogen) atoms. The van der Waals surface area contributed by atoms with Crippen molar-refractivity contribution in [2.75, 3.05) is 26.2 Å². The Morgan fingerprint density at radius 2 is 1.38 bits per heavy atom. The highest BCUT2D eigenvalue weighted by atomic mass is 19.3. The largest absolute Gasteiger partial charge is 0.467 e. The lowest BCUT2D eigenvalue weighted by Gasteiger charge is -2.11. The van der Waals surface area contributed by atoms with E-state index < -0.39 is 5.92 Å². The third-order valence-corrected chi connectivity index (χ3v) is 3.94. The van der Waals surface area contributed by atoms with Gasteiger partial charge in [0.2, 0.25) is 0 Å². The summed E-state index contributed by atoms with van der Waals surface area (Å²) in [7, 11) is 7.46. The quantitative estimate of drug-likeness (QED) is 0.524. The molecule has 3 rings (SSSR count). The molecule has 2 aliphatic heterocycles. The highest BCUT2D eigenvalue weighted by molar-refractivity contribution is 4.94. The van der Waals surface area contributed by atoms with Crippen molar-refractivity contribution in [3.05, 3.63) is 14.1 Å². The van der Waals surface area contributed by atoms with E-state index in [0.29, 0.717) is 11.4 Å². The lowest BCUT2D eigenvalue weighted by Crippen LogP contribution is -3.05. The summed E-state index contributed by atoms with van der Waals surface area (Å²) in [5.74, 6) is -2.43. The van der Waals surface area contributed by atoms with E-state index in [1.165, 1.54) is 37.3 Å². The third kappa shape index (κ3) is 3.14. The van der Waals surface area contributed by atoms with Crippen molar-refractivity contribution < 1.29 is 18.6 Å². The fourth-order valence-corrected chi connectivity index (χ4v) is 2.65. The number of hydrogen-bond acceptors (Lipinski definition) is 0. The molecule has 2 atom stereocenters. The summed E-state index contributed by atoms with van der Waals surface area (Å²) < 4.78 is 24.3. The van der Waals surface area contributed by atoms with Gasteiger partial charge < -0.3 is 9.80 Å². The molecular formula is C12H22F2N2. The Labute approximate surface area is 96.6 Å². The lowest BCUT2D eigenvalue weighted by atomic mass is 10.1. The zero-order valence-electron chi connectivity index (χ0n) is 9.83. The maximum absolute atomic E-state index is 12.1.